The first-order valence-corrected chi connectivity index (χ1v) is 11.5. The summed E-state index contributed by atoms with van der Waals surface area (Å²) in [7, 11) is 4.77. The minimum Gasteiger partial charge on any atom is -0.493 e. The molecular weight excluding hydrogens is 438 g/mol. The topological polar surface area (TPSA) is 73.8 Å². The summed E-state index contributed by atoms with van der Waals surface area (Å²) < 4.78 is 15.9. The van der Waals surface area contributed by atoms with Gasteiger partial charge in [-0.2, -0.15) is 0 Å². The molecule has 0 radical (unpaired) electrons. The Morgan fingerprint density at radius 2 is 1.67 bits per heavy atom. The zero-order valence-corrected chi connectivity index (χ0v) is 20.9. The highest BCUT2D eigenvalue weighted by atomic mass is 32.1. The van der Waals surface area contributed by atoms with Gasteiger partial charge in [0.25, 0.3) is 0 Å². The highest BCUT2D eigenvalue weighted by molar-refractivity contribution is 7.18. The van der Waals surface area contributed by atoms with E-state index in [1.165, 1.54) is 16.9 Å². The van der Waals surface area contributed by atoms with Gasteiger partial charge in [-0.05, 0) is 28.7 Å². The average Bonchev–Trinajstić information content (AvgIpc) is 3.28. The zero-order chi connectivity index (χ0) is 24.0. The SMILES string of the molecule is COCCN(C(=O)Cc1ccc(OC)c(OC)c1)c1nnc(-c2ccc(C(C)(C)C)cc2)s1. The Hall–Kier alpha value is -2.97. The predicted octanol–water partition coefficient (Wildman–Crippen LogP) is 4.74. The lowest BCUT2D eigenvalue weighted by molar-refractivity contribution is -0.118. The minimum absolute atomic E-state index is 0.0817. The predicted molar refractivity (Wildman–Crippen MR) is 132 cm³/mol. The lowest BCUT2D eigenvalue weighted by Crippen LogP contribution is -2.35. The number of hydrogen-bond acceptors (Lipinski definition) is 7. The van der Waals surface area contributed by atoms with Gasteiger partial charge in [-0.15, -0.1) is 10.2 Å². The number of methoxy groups -OCH3 is 3. The molecule has 1 heterocycles. The third-order valence-electron chi connectivity index (χ3n) is 5.27. The third-order valence-corrected chi connectivity index (χ3v) is 6.26. The van der Waals surface area contributed by atoms with E-state index in [1.54, 1.807) is 32.3 Å². The van der Waals surface area contributed by atoms with E-state index in [2.05, 4.69) is 55.2 Å². The lowest BCUT2D eigenvalue weighted by Gasteiger charge is -2.19. The number of ether oxygens (including phenoxy) is 3. The van der Waals surface area contributed by atoms with Crippen molar-refractivity contribution in [3.05, 3.63) is 53.6 Å². The van der Waals surface area contributed by atoms with E-state index in [-0.39, 0.29) is 17.7 Å². The van der Waals surface area contributed by atoms with Crippen LogP contribution in [0, 0.1) is 0 Å². The fourth-order valence-electron chi connectivity index (χ4n) is 3.32. The van der Waals surface area contributed by atoms with Gasteiger partial charge in [0, 0.05) is 12.7 Å². The molecule has 0 N–H and O–H groups in total. The number of amides is 1. The standard InChI is InChI=1S/C25H31N3O4S/c1-25(2,3)19-10-8-18(9-11-19)23-26-27-24(33-23)28(13-14-30-4)22(29)16-17-7-12-20(31-5)21(15-17)32-6/h7-12,15H,13-14,16H2,1-6H3. The summed E-state index contributed by atoms with van der Waals surface area (Å²) in [4.78, 5) is 14.8. The van der Waals surface area contributed by atoms with Crippen LogP contribution in [0.15, 0.2) is 42.5 Å². The number of nitrogens with zero attached hydrogens (tertiary/aromatic N) is 3. The van der Waals surface area contributed by atoms with Crippen LogP contribution in [0.2, 0.25) is 0 Å². The van der Waals surface area contributed by atoms with Gasteiger partial charge in [-0.3, -0.25) is 9.69 Å². The van der Waals surface area contributed by atoms with Crippen LogP contribution in [0.1, 0.15) is 31.9 Å². The molecule has 0 saturated carbocycles. The van der Waals surface area contributed by atoms with Crippen LogP contribution in [-0.4, -0.2) is 50.6 Å². The first kappa shape index (κ1) is 24.7. The molecule has 0 fully saturated rings. The number of carbonyl (C=O) groups is 1. The molecule has 0 unspecified atom stereocenters. The van der Waals surface area contributed by atoms with Crippen molar-refractivity contribution in [2.75, 3.05) is 39.4 Å². The summed E-state index contributed by atoms with van der Waals surface area (Å²) in [5, 5.41) is 9.98. The Labute approximate surface area is 199 Å². The molecule has 1 amide bonds. The molecule has 7 nitrogen and oxygen atoms in total. The number of anilines is 1. The summed E-state index contributed by atoms with van der Waals surface area (Å²) in [5.41, 5.74) is 3.13. The van der Waals surface area contributed by atoms with E-state index in [9.17, 15) is 4.79 Å². The molecule has 0 spiro atoms. The van der Waals surface area contributed by atoms with Crippen LogP contribution in [0.5, 0.6) is 11.5 Å². The molecule has 2 aromatic carbocycles. The molecule has 0 atom stereocenters. The van der Waals surface area contributed by atoms with Crippen molar-refractivity contribution in [1.82, 2.24) is 10.2 Å². The quantitative estimate of drug-likeness (QED) is 0.451. The number of benzene rings is 2. The second kappa shape index (κ2) is 10.8. The smallest absolute Gasteiger partial charge is 0.233 e. The second-order valence-electron chi connectivity index (χ2n) is 8.62. The van der Waals surface area contributed by atoms with Crippen LogP contribution in [0.25, 0.3) is 10.6 Å². The molecule has 0 bridgehead atoms. The number of aromatic nitrogens is 2. The van der Waals surface area contributed by atoms with Gasteiger partial charge in [0.2, 0.25) is 11.0 Å². The van der Waals surface area contributed by atoms with Crippen LogP contribution in [0.3, 0.4) is 0 Å². The molecule has 3 aromatic rings. The molecule has 33 heavy (non-hydrogen) atoms. The molecule has 8 heteroatoms. The highest BCUT2D eigenvalue weighted by Gasteiger charge is 2.22. The first-order chi connectivity index (χ1) is 15.8. The van der Waals surface area contributed by atoms with Gasteiger partial charge >= 0.3 is 0 Å². The van der Waals surface area contributed by atoms with Crippen molar-refractivity contribution in [1.29, 1.82) is 0 Å². The van der Waals surface area contributed by atoms with Gasteiger partial charge in [0.05, 0.1) is 33.8 Å². The number of rotatable bonds is 9. The summed E-state index contributed by atoms with van der Waals surface area (Å²) >= 11 is 1.39. The summed E-state index contributed by atoms with van der Waals surface area (Å²) in [6, 6.07) is 13.8. The van der Waals surface area contributed by atoms with Crippen molar-refractivity contribution in [2.24, 2.45) is 0 Å². The Balaban J connectivity index is 1.82. The monoisotopic (exact) mass is 469 g/mol. The zero-order valence-electron chi connectivity index (χ0n) is 20.0. The molecular formula is C25H31N3O4S. The average molecular weight is 470 g/mol. The minimum atomic E-state index is -0.0925. The second-order valence-corrected chi connectivity index (χ2v) is 9.58. The first-order valence-electron chi connectivity index (χ1n) is 10.7. The van der Waals surface area contributed by atoms with Crippen LogP contribution >= 0.6 is 11.3 Å². The fraction of sp³-hybridized carbons (Fsp3) is 0.400. The molecule has 1 aromatic heterocycles. The van der Waals surface area contributed by atoms with Crippen LogP contribution < -0.4 is 14.4 Å². The maximum atomic E-state index is 13.2. The highest BCUT2D eigenvalue weighted by Crippen LogP contribution is 2.32. The Morgan fingerprint density at radius 3 is 2.27 bits per heavy atom. The van der Waals surface area contributed by atoms with E-state index < -0.39 is 0 Å². The Morgan fingerprint density at radius 1 is 0.970 bits per heavy atom. The van der Waals surface area contributed by atoms with E-state index >= 15 is 0 Å². The van der Waals surface area contributed by atoms with E-state index in [1.807, 2.05) is 12.1 Å². The molecule has 3 rings (SSSR count). The van der Waals surface area contributed by atoms with E-state index in [4.69, 9.17) is 14.2 Å². The van der Waals surface area contributed by atoms with Crippen molar-refractivity contribution < 1.29 is 19.0 Å². The van der Waals surface area contributed by atoms with Gasteiger partial charge in [0.15, 0.2) is 11.5 Å². The number of hydrogen-bond donors (Lipinski definition) is 0. The molecule has 0 saturated heterocycles. The van der Waals surface area contributed by atoms with E-state index in [0.29, 0.717) is 29.8 Å². The lowest BCUT2D eigenvalue weighted by atomic mass is 9.87. The molecule has 0 aliphatic heterocycles. The molecule has 0 aliphatic rings. The van der Waals surface area contributed by atoms with Crippen LogP contribution in [-0.2, 0) is 21.4 Å². The number of carbonyl (C=O) groups excluding carboxylic acids is 1. The molecule has 0 aliphatic carbocycles. The summed E-state index contributed by atoms with van der Waals surface area (Å²) in [6.45, 7) is 7.33. The van der Waals surface area contributed by atoms with Gasteiger partial charge in [0.1, 0.15) is 5.01 Å². The van der Waals surface area contributed by atoms with Crippen molar-refractivity contribution in [3.8, 4) is 22.1 Å². The van der Waals surface area contributed by atoms with Gasteiger partial charge in [-0.25, -0.2) is 0 Å². The molecule has 176 valence electrons. The Kier molecular flexibility index (Phi) is 8.05. The normalized spacial score (nSPS) is 11.3. The van der Waals surface area contributed by atoms with Crippen molar-refractivity contribution in [2.45, 2.75) is 32.6 Å². The largest absolute Gasteiger partial charge is 0.493 e. The fourth-order valence-corrected chi connectivity index (χ4v) is 4.22. The van der Waals surface area contributed by atoms with Crippen molar-refractivity contribution in [3.63, 3.8) is 0 Å². The van der Waals surface area contributed by atoms with E-state index in [0.717, 1.165) is 16.1 Å². The summed E-state index contributed by atoms with van der Waals surface area (Å²) in [6.07, 6.45) is 0.194. The van der Waals surface area contributed by atoms with Gasteiger partial charge in [-0.1, -0.05) is 62.4 Å². The Bertz CT molecular complexity index is 1070. The van der Waals surface area contributed by atoms with Crippen LogP contribution in [0.4, 0.5) is 5.13 Å². The van der Waals surface area contributed by atoms with Crippen molar-refractivity contribution >= 4 is 22.4 Å². The maximum absolute atomic E-state index is 13.2. The third kappa shape index (κ3) is 6.09. The summed E-state index contributed by atoms with van der Waals surface area (Å²) in [5.74, 6) is 1.12. The van der Waals surface area contributed by atoms with Gasteiger partial charge < -0.3 is 14.2 Å². The maximum Gasteiger partial charge on any atom is 0.233 e.